The van der Waals surface area contributed by atoms with E-state index in [-0.39, 0.29) is 11.9 Å². The molecule has 1 N–H and O–H groups in total. The fourth-order valence-corrected chi connectivity index (χ4v) is 2.63. The molecule has 0 saturated carbocycles. The van der Waals surface area contributed by atoms with Crippen LogP contribution in [0.1, 0.15) is 40.0 Å². The molecule has 1 atom stereocenters. The highest BCUT2D eigenvalue weighted by Crippen LogP contribution is 2.19. The minimum absolute atomic E-state index is 0.00220. The van der Waals surface area contributed by atoms with Crippen LogP contribution in [0.3, 0.4) is 0 Å². The average Bonchev–Trinajstić information content (AvgIpc) is 2.39. The van der Waals surface area contributed by atoms with Crippen molar-refractivity contribution in [1.29, 1.82) is 0 Å². The molecule has 104 valence electrons. The van der Waals surface area contributed by atoms with Crippen molar-refractivity contribution in [3.05, 3.63) is 68.3 Å². The number of carbonyl (C=O) groups excluding carboxylic acids is 1. The first-order valence-corrected chi connectivity index (χ1v) is 7.69. The second-order valence-electron chi connectivity index (χ2n) is 5.06. The van der Waals surface area contributed by atoms with Gasteiger partial charge in [-0.15, -0.1) is 0 Å². The third kappa shape index (κ3) is 3.60. The van der Waals surface area contributed by atoms with Gasteiger partial charge in [0.05, 0.1) is 6.04 Å². The smallest absolute Gasteiger partial charge is 0.251 e. The molecule has 0 bridgehead atoms. The number of halogens is 1. The van der Waals surface area contributed by atoms with Gasteiger partial charge >= 0.3 is 0 Å². The lowest BCUT2D eigenvalue weighted by molar-refractivity contribution is 0.0940. The Hall–Kier alpha value is -1.36. The molecule has 0 heterocycles. The second kappa shape index (κ2) is 6.39. The molecular formula is C17H18INO. The predicted molar refractivity (Wildman–Crippen MR) is 91.0 cm³/mol. The lowest BCUT2D eigenvalue weighted by Gasteiger charge is -2.17. The summed E-state index contributed by atoms with van der Waals surface area (Å²) in [5.74, 6) is -0.0334. The second-order valence-corrected chi connectivity index (χ2v) is 6.31. The summed E-state index contributed by atoms with van der Waals surface area (Å²) in [5.41, 5.74) is 4.30. The summed E-state index contributed by atoms with van der Waals surface area (Å²) in [6.45, 7) is 6.17. The molecule has 0 fully saturated rings. The van der Waals surface area contributed by atoms with Gasteiger partial charge in [0.25, 0.3) is 5.91 Å². The molecule has 0 aromatic heterocycles. The van der Waals surface area contributed by atoms with Gasteiger partial charge < -0.3 is 5.32 Å². The highest BCUT2D eigenvalue weighted by atomic mass is 127. The maximum absolute atomic E-state index is 12.2. The van der Waals surface area contributed by atoms with Crippen LogP contribution in [0.5, 0.6) is 0 Å². The number of amides is 1. The highest BCUT2D eigenvalue weighted by molar-refractivity contribution is 14.1. The molecule has 2 aromatic rings. The maximum atomic E-state index is 12.2. The largest absolute Gasteiger partial charge is 0.346 e. The zero-order valence-electron chi connectivity index (χ0n) is 11.9. The topological polar surface area (TPSA) is 29.1 Å². The van der Waals surface area contributed by atoms with Crippen molar-refractivity contribution in [2.75, 3.05) is 0 Å². The Bertz CT molecular complexity index is 619. The van der Waals surface area contributed by atoms with Crippen molar-refractivity contribution in [2.45, 2.75) is 26.8 Å². The van der Waals surface area contributed by atoms with Crippen molar-refractivity contribution in [2.24, 2.45) is 0 Å². The van der Waals surface area contributed by atoms with Gasteiger partial charge in [-0.3, -0.25) is 4.79 Å². The molecule has 2 rings (SSSR count). The van der Waals surface area contributed by atoms with Crippen LogP contribution in [0.4, 0.5) is 0 Å². The molecule has 2 nitrogen and oxygen atoms in total. The van der Waals surface area contributed by atoms with E-state index in [1.807, 2.05) is 31.2 Å². The molecule has 0 radical (unpaired) electrons. The van der Waals surface area contributed by atoms with Crippen molar-refractivity contribution in [3.8, 4) is 0 Å². The van der Waals surface area contributed by atoms with Gasteiger partial charge in [-0.1, -0.05) is 23.8 Å². The normalized spacial score (nSPS) is 12.0. The average molecular weight is 379 g/mol. The molecule has 0 aliphatic heterocycles. The third-order valence-electron chi connectivity index (χ3n) is 3.35. The quantitative estimate of drug-likeness (QED) is 0.787. The van der Waals surface area contributed by atoms with E-state index in [1.54, 1.807) is 0 Å². The first-order valence-electron chi connectivity index (χ1n) is 6.61. The molecule has 3 heteroatoms. The van der Waals surface area contributed by atoms with E-state index < -0.39 is 0 Å². The number of hydrogen-bond acceptors (Lipinski definition) is 1. The van der Waals surface area contributed by atoms with Gasteiger partial charge in [0.1, 0.15) is 0 Å². The number of nitrogens with one attached hydrogen (secondary N) is 1. The number of rotatable bonds is 3. The van der Waals surface area contributed by atoms with Crippen LogP contribution in [0.15, 0.2) is 42.5 Å². The summed E-state index contributed by atoms with van der Waals surface area (Å²) >= 11 is 2.23. The minimum atomic E-state index is -0.0334. The van der Waals surface area contributed by atoms with E-state index in [1.165, 1.54) is 11.1 Å². The fourth-order valence-electron chi connectivity index (χ4n) is 2.27. The number of hydrogen-bond donors (Lipinski definition) is 1. The number of carbonyl (C=O) groups is 1. The third-order valence-corrected chi connectivity index (χ3v) is 4.06. The van der Waals surface area contributed by atoms with Crippen molar-refractivity contribution in [3.63, 3.8) is 0 Å². The predicted octanol–water partition coefficient (Wildman–Crippen LogP) is 4.40. The van der Waals surface area contributed by atoms with E-state index >= 15 is 0 Å². The van der Waals surface area contributed by atoms with Crippen LogP contribution >= 0.6 is 22.6 Å². The van der Waals surface area contributed by atoms with Crippen LogP contribution in [0.25, 0.3) is 0 Å². The Kier molecular flexibility index (Phi) is 4.81. The van der Waals surface area contributed by atoms with Gasteiger partial charge in [0, 0.05) is 9.13 Å². The SMILES string of the molecule is Cc1ccc([C@@H](C)NC(=O)c2ccc(I)cc2)c(C)c1. The maximum Gasteiger partial charge on any atom is 0.251 e. The van der Waals surface area contributed by atoms with E-state index in [9.17, 15) is 4.79 Å². The summed E-state index contributed by atoms with van der Waals surface area (Å²) in [5, 5.41) is 3.05. The molecular weight excluding hydrogens is 361 g/mol. The summed E-state index contributed by atoms with van der Waals surface area (Å²) < 4.78 is 1.13. The summed E-state index contributed by atoms with van der Waals surface area (Å²) in [6, 6.07) is 13.9. The Morgan fingerprint density at radius 2 is 1.75 bits per heavy atom. The van der Waals surface area contributed by atoms with E-state index in [0.29, 0.717) is 5.56 Å². The van der Waals surface area contributed by atoms with Crippen LogP contribution in [0, 0.1) is 17.4 Å². The van der Waals surface area contributed by atoms with E-state index in [4.69, 9.17) is 0 Å². The van der Waals surface area contributed by atoms with Gasteiger partial charge in [0.15, 0.2) is 0 Å². The lowest BCUT2D eigenvalue weighted by Crippen LogP contribution is -2.27. The van der Waals surface area contributed by atoms with Crippen molar-refractivity contribution >= 4 is 28.5 Å². The van der Waals surface area contributed by atoms with Crippen molar-refractivity contribution < 1.29 is 4.79 Å². The summed E-state index contributed by atoms with van der Waals surface area (Å²) in [6.07, 6.45) is 0. The fraction of sp³-hybridized carbons (Fsp3) is 0.235. The van der Waals surface area contributed by atoms with Gasteiger partial charge in [-0.2, -0.15) is 0 Å². The van der Waals surface area contributed by atoms with Gasteiger partial charge in [-0.05, 0) is 78.8 Å². The number of aryl methyl sites for hydroxylation is 2. The first kappa shape index (κ1) is 15.0. The van der Waals surface area contributed by atoms with Crippen LogP contribution in [0.2, 0.25) is 0 Å². The molecule has 2 aromatic carbocycles. The monoisotopic (exact) mass is 379 g/mol. The highest BCUT2D eigenvalue weighted by Gasteiger charge is 2.13. The molecule has 0 spiro atoms. The molecule has 0 aliphatic rings. The van der Waals surface area contributed by atoms with Gasteiger partial charge in [0.2, 0.25) is 0 Å². The first-order chi connectivity index (χ1) is 9.47. The summed E-state index contributed by atoms with van der Waals surface area (Å²) in [4.78, 5) is 12.2. The standard InChI is InChI=1S/C17H18INO/c1-11-4-9-16(12(2)10-11)13(3)19-17(20)14-5-7-15(18)8-6-14/h4-10,13H,1-3H3,(H,19,20)/t13-/m1/s1. The molecule has 0 saturated heterocycles. The van der Waals surface area contributed by atoms with Crippen LogP contribution < -0.4 is 5.32 Å². The summed E-state index contributed by atoms with van der Waals surface area (Å²) in [7, 11) is 0. The molecule has 20 heavy (non-hydrogen) atoms. The molecule has 1 amide bonds. The van der Waals surface area contributed by atoms with E-state index in [2.05, 4.69) is 60.0 Å². The van der Waals surface area contributed by atoms with E-state index in [0.717, 1.165) is 9.13 Å². The number of benzene rings is 2. The Morgan fingerprint density at radius 1 is 1.10 bits per heavy atom. The minimum Gasteiger partial charge on any atom is -0.346 e. The Balaban J connectivity index is 2.12. The molecule has 0 unspecified atom stereocenters. The van der Waals surface area contributed by atoms with Crippen molar-refractivity contribution in [1.82, 2.24) is 5.32 Å². The zero-order chi connectivity index (χ0) is 14.7. The lowest BCUT2D eigenvalue weighted by atomic mass is 10.00. The Labute approximate surface area is 133 Å². The van der Waals surface area contributed by atoms with Gasteiger partial charge in [-0.25, -0.2) is 0 Å². The molecule has 0 aliphatic carbocycles. The zero-order valence-corrected chi connectivity index (χ0v) is 14.1. The van der Waals surface area contributed by atoms with Crippen LogP contribution in [-0.2, 0) is 0 Å². The van der Waals surface area contributed by atoms with Crippen LogP contribution in [-0.4, -0.2) is 5.91 Å². The Morgan fingerprint density at radius 3 is 2.35 bits per heavy atom.